The van der Waals surface area contributed by atoms with Crippen molar-refractivity contribution in [3.05, 3.63) is 29.3 Å². The highest BCUT2D eigenvalue weighted by atomic mass is 32.2. The number of benzene rings is 1. The molecule has 0 heterocycles. The molecule has 1 aromatic carbocycles. The topological polar surface area (TPSA) is 69.7 Å². The largest absolute Gasteiger partial charge is 0.349 e. The molecule has 5 rings (SSSR count). The highest BCUT2D eigenvalue weighted by molar-refractivity contribution is 7.90. The minimum Gasteiger partial charge on any atom is -0.349 e. The zero-order valence-corrected chi connectivity index (χ0v) is 18.8. The molecule has 0 saturated heterocycles. The second-order valence-electron chi connectivity index (χ2n) is 9.83. The highest BCUT2D eigenvalue weighted by Crippen LogP contribution is 2.55. The monoisotopic (exact) mass is 419 g/mol. The van der Waals surface area contributed by atoms with Crippen molar-refractivity contribution in [2.45, 2.75) is 57.9 Å². The van der Waals surface area contributed by atoms with Crippen LogP contribution in [-0.2, 0) is 15.0 Å². The fourth-order valence-electron chi connectivity index (χ4n) is 6.21. The van der Waals surface area contributed by atoms with E-state index in [1.165, 1.54) is 42.0 Å². The third-order valence-corrected chi connectivity index (χ3v) is 8.91. The van der Waals surface area contributed by atoms with E-state index in [4.69, 9.17) is 0 Å². The maximum Gasteiger partial charge on any atom is 0.304 e. The van der Waals surface area contributed by atoms with Gasteiger partial charge in [-0.25, -0.2) is 4.31 Å². The fourth-order valence-corrected chi connectivity index (χ4v) is 7.33. The van der Waals surface area contributed by atoms with Crippen LogP contribution in [0.25, 0.3) is 0 Å². The van der Waals surface area contributed by atoms with Crippen LogP contribution < -0.4 is 9.62 Å². The van der Waals surface area contributed by atoms with E-state index in [0.717, 1.165) is 48.1 Å². The third kappa shape index (κ3) is 3.91. The van der Waals surface area contributed by atoms with Crippen LogP contribution >= 0.6 is 0 Å². The number of carbonyl (C=O) groups excluding carboxylic acids is 1. The second kappa shape index (κ2) is 7.27. The van der Waals surface area contributed by atoms with Gasteiger partial charge in [-0.1, -0.05) is 12.1 Å². The van der Waals surface area contributed by atoms with Gasteiger partial charge in [-0.2, -0.15) is 12.7 Å². The van der Waals surface area contributed by atoms with Crippen molar-refractivity contribution in [1.82, 2.24) is 9.62 Å². The average Bonchev–Trinajstić information content (AvgIpc) is 2.60. The molecule has 160 valence electrons. The molecule has 4 aliphatic rings. The quantitative estimate of drug-likeness (QED) is 0.771. The molecule has 4 aliphatic carbocycles. The van der Waals surface area contributed by atoms with Crippen molar-refractivity contribution in [3.63, 3.8) is 0 Å². The zero-order valence-electron chi connectivity index (χ0n) is 17.9. The van der Waals surface area contributed by atoms with Crippen LogP contribution in [0, 0.1) is 31.6 Å². The number of nitrogens with zero attached hydrogens (tertiary/aromatic N) is 2. The predicted molar refractivity (Wildman–Crippen MR) is 115 cm³/mol. The molecule has 4 saturated carbocycles. The average molecular weight is 420 g/mol. The Bertz CT molecular complexity index is 875. The Hall–Kier alpha value is -1.60. The number of hydrogen-bond donors (Lipinski definition) is 1. The van der Waals surface area contributed by atoms with E-state index in [1.807, 2.05) is 32.0 Å². The fraction of sp³-hybridized carbons (Fsp3) is 0.682. The molecule has 1 N–H and O–H groups in total. The first-order chi connectivity index (χ1) is 13.6. The summed E-state index contributed by atoms with van der Waals surface area (Å²) in [6.07, 6.45) is 7.06. The summed E-state index contributed by atoms with van der Waals surface area (Å²) in [5, 5.41) is 3.31. The molecule has 6 nitrogen and oxygen atoms in total. The SMILES string of the molecule is Cc1ccc(C)c(N(CC(=O)NC23CC4CC(CC(C4)C2)C3)S(=O)(=O)N(C)C)c1. The van der Waals surface area contributed by atoms with Crippen LogP contribution in [-0.4, -0.2) is 44.8 Å². The standard InChI is InChI=1S/C22H33N3O3S/c1-15-5-6-16(2)20(7-15)25(29(27,28)24(3)4)14-21(26)23-22-11-17-8-18(12-22)10-19(9-17)13-22/h5-7,17-19H,8-14H2,1-4H3,(H,23,26). The number of amides is 1. The molecule has 0 radical (unpaired) electrons. The molecule has 0 atom stereocenters. The summed E-state index contributed by atoms with van der Waals surface area (Å²) in [5.41, 5.74) is 2.25. The molecule has 4 bridgehead atoms. The Morgan fingerprint density at radius 2 is 1.62 bits per heavy atom. The molecule has 29 heavy (non-hydrogen) atoms. The number of rotatable bonds is 6. The van der Waals surface area contributed by atoms with Crippen molar-refractivity contribution >= 4 is 21.8 Å². The van der Waals surface area contributed by atoms with Gasteiger partial charge in [-0.05, 0) is 87.3 Å². The van der Waals surface area contributed by atoms with Gasteiger partial charge in [0.1, 0.15) is 6.54 Å². The summed E-state index contributed by atoms with van der Waals surface area (Å²) in [7, 11) is -0.778. The van der Waals surface area contributed by atoms with Crippen molar-refractivity contribution in [1.29, 1.82) is 0 Å². The minimum absolute atomic E-state index is 0.124. The van der Waals surface area contributed by atoms with Crippen LogP contribution in [0.5, 0.6) is 0 Å². The van der Waals surface area contributed by atoms with Crippen molar-refractivity contribution in [2.24, 2.45) is 17.8 Å². The van der Waals surface area contributed by atoms with E-state index in [9.17, 15) is 13.2 Å². The van der Waals surface area contributed by atoms with E-state index >= 15 is 0 Å². The Labute approximate surface area is 174 Å². The lowest BCUT2D eigenvalue weighted by atomic mass is 9.53. The van der Waals surface area contributed by atoms with E-state index < -0.39 is 10.2 Å². The Morgan fingerprint density at radius 3 is 2.14 bits per heavy atom. The molecular formula is C22H33N3O3S. The van der Waals surface area contributed by atoms with Gasteiger partial charge >= 0.3 is 10.2 Å². The van der Waals surface area contributed by atoms with Gasteiger partial charge in [0.15, 0.2) is 0 Å². The first kappa shape index (κ1) is 20.7. The van der Waals surface area contributed by atoms with Crippen molar-refractivity contribution in [2.75, 3.05) is 24.9 Å². The van der Waals surface area contributed by atoms with Gasteiger partial charge < -0.3 is 5.32 Å². The van der Waals surface area contributed by atoms with Crippen LogP contribution in [0.4, 0.5) is 5.69 Å². The lowest BCUT2D eigenvalue weighted by Gasteiger charge is -2.57. The van der Waals surface area contributed by atoms with Crippen molar-refractivity contribution < 1.29 is 13.2 Å². The summed E-state index contributed by atoms with van der Waals surface area (Å²) in [5.74, 6) is 1.98. The normalized spacial score (nSPS) is 30.6. The van der Waals surface area contributed by atoms with Gasteiger partial charge in [0.25, 0.3) is 0 Å². The number of nitrogens with one attached hydrogen (secondary N) is 1. The molecule has 4 fully saturated rings. The van der Waals surface area contributed by atoms with Gasteiger partial charge in [0.2, 0.25) is 5.91 Å². The van der Waals surface area contributed by atoms with Gasteiger partial charge in [0, 0.05) is 19.6 Å². The molecule has 0 aliphatic heterocycles. The third-order valence-electron chi connectivity index (χ3n) is 7.10. The van der Waals surface area contributed by atoms with Gasteiger partial charge in [-0.15, -0.1) is 0 Å². The molecule has 7 heteroatoms. The molecule has 1 amide bonds. The van der Waals surface area contributed by atoms with E-state index in [1.54, 1.807) is 0 Å². The summed E-state index contributed by atoms with van der Waals surface area (Å²) in [6, 6.07) is 5.70. The molecule has 0 unspecified atom stereocenters. The number of anilines is 1. The molecule has 0 aromatic heterocycles. The van der Waals surface area contributed by atoms with E-state index in [-0.39, 0.29) is 18.0 Å². The lowest BCUT2D eigenvalue weighted by molar-refractivity contribution is -0.125. The number of carbonyl (C=O) groups is 1. The molecular weight excluding hydrogens is 386 g/mol. The Balaban J connectivity index is 1.58. The van der Waals surface area contributed by atoms with Crippen LogP contribution in [0.15, 0.2) is 18.2 Å². The smallest absolute Gasteiger partial charge is 0.304 e. The highest BCUT2D eigenvalue weighted by Gasteiger charge is 2.51. The Kier molecular flexibility index (Phi) is 5.18. The summed E-state index contributed by atoms with van der Waals surface area (Å²) in [6.45, 7) is 3.62. The summed E-state index contributed by atoms with van der Waals surface area (Å²) >= 11 is 0. The zero-order chi connectivity index (χ0) is 21.0. The first-order valence-corrected chi connectivity index (χ1v) is 12.1. The summed E-state index contributed by atoms with van der Waals surface area (Å²) in [4.78, 5) is 13.1. The van der Waals surface area contributed by atoms with Crippen LogP contribution in [0.3, 0.4) is 0 Å². The van der Waals surface area contributed by atoms with Gasteiger partial charge in [0.05, 0.1) is 5.69 Å². The predicted octanol–water partition coefficient (Wildman–Crippen LogP) is 3.00. The second-order valence-corrected chi connectivity index (χ2v) is 11.9. The van der Waals surface area contributed by atoms with E-state index in [2.05, 4.69) is 5.32 Å². The summed E-state index contributed by atoms with van der Waals surface area (Å²) < 4.78 is 28.6. The maximum absolute atomic E-state index is 13.1. The van der Waals surface area contributed by atoms with E-state index in [0.29, 0.717) is 5.69 Å². The van der Waals surface area contributed by atoms with Crippen LogP contribution in [0.2, 0.25) is 0 Å². The molecule has 1 aromatic rings. The molecule has 0 spiro atoms. The number of aryl methyl sites for hydroxylation is 2. The lowest BCUT2D eigenvalue weighted by Crippen LogP contribution is -2.61. The van der Waals surface area contributed by atoms with Gasteiger partial charge in [-0.3, -0.25) is 4.79 Å². The van der Waals surface area contributed by atoms with Crippen LogP contribution in [0.1, 0.15) is 49.7 Å². The van der Waals surface area contributed by atoms with Crippen molar-refractivity contribution in [3.8, 4) is 0 Å². The maximum atomic E-state index is 13.1. The number of hydrogen-bond acceptors (Lipinski definition) is 3. The first-order valence-electron chi connectivity index (χ1n) is 10.7. The minimum atomic E-state index is -3.79. The Morgan fingerprint density at radius 1 is 1.07 bits per heavy atom.